The van der Waals surface area contributed by atoms with Gasteiger partial charge in [-0.1, -0.05) is 45.0 Å². The number of hydrogen-bond acceptors (Lipinski definition) is 15. The number of aliphatic hydroxyl groups excluding tert-OH is 1. The summed E-state index contributed by atoms with van der Waals surface area (Å²) in [5.41, 5.74) is 1.64. The van der Waals surface area contributed by atoms with Gasteiger partial charge in [-0.2, -0.15) is 18.4 Å². The van der Waals surface area contributed by atoms with Crippen LogP contribution in [0.25, 0.3) is 10.4 Å². The van der Waals surface area contributed by atoms with Crippen LogP contribution in [0.1, 0.15) is 76.3 Å². The van der Waals surface area contributed by atoms with Gasteiger partial charge in [0.2, 0.25) is 11.8 Å². The SMILES string of the molecule is Cc1ncsc1-c1ccc(CCC(=O)[C@@H]2C[C@@H](O)CN2C(=O)[C@@H](NC(=O)COCCOCCOCCCOCCOCCOc2ccc(N3C(=S)N(c4ccc(C#N)c(C(F)(F)F)c4)C(=O)C3(C)C)cc2)C(C)(C)C)cc1. The number of ether oxygens (including phenoxy) is 6. The largest absolute Gasteiger partial charge is 0.491 e. The number of likely N-dealkylation sites (tertiary alicyclic amines) is 1. The lowest BCUT2D eigenvalue weighted by Crippen LogP contribution is -2.57. The number of thiazole rings is 1. The number of nitriles is 1. The molecule has 22 heteroatoms. The molecule has 4 aromatic rings. The number of thiocarbonyl (C=S) groups is 1. The van der Waals surface area contributed by atoms with Gasteiger partial charge in [-0.3, -0.25) is 24.1 Å². The number of rotatable bonds is 28. The van der Waals surface area contributed by atoms with Crippen molar-refractivity contribution in [1.82, 2.24) is 15.2 Å². The summed E-state index contributed by atoms with van der Waals surface area (Å²) < 4.78 is 74.7. The number of carbonyl (C=O) groups is 4. The first-order valence-electron chi connectivity index (χ1n) is 25.3. The molecule has 2 aliphatic heterocycles. The quantitative estimate of drug-likeness (QED) is 0.0419. The summed E-state index contributed by atoms with van der Waals surface area (Å²) >= 11 is 7.18. The Bertz CT molecular complexity index is 2690. The van der Waals surface area contributed by atoms with E-state index in [0.29, 0.717) is 70.5 Å². The third-order valence-electron chi connectivity index (χ3n) is 12.8. The number of carbonyl (C=O) groups excluding carboxylic acids is 4. The fourth-order valence-corrected chi connectivity index (χ4v) is 10.1. The van der Waals surface area contributed by atoms with Gasteiger partial charge < -0.3 is 48.6 Å². The zero-order valence-electron chi connectivity index (χ0n) is 44.2. The van der Waals surface area contributed by atoms with Gasteiger partial charge in [0, 0.05) is 38.3 Å². The summed E-state index contributed by atoms with van der Waals surface area (Å²) in [6.45, 7) is 13.7. The van der Waals surface area contributed by atoms with E-state index >= 15 is 0 Å². The molecule has 3 heterocycles. The third-order valence-corrected chi connectivity index (χ3v) is 14.2. The third kappa shape index (κ3) is 16.3. The number of anilines is 2. The number of aromatic nitrogens is 1. The minimum absolute atomic E-state index is 0.00564. The highest BCUT2D eigenvalue weighted by molar-refractivity contribution is 7.81. The smallest absolute Gasteiger partial charge is 0.417 e. The molecule has 6 rings (SSSR count). The molecule has 17 nitrogen and oxygen atoms in total. The van der Waals surface area contributed by atoms with Crippen molar-refractivity contribution in [2.75, 3.05) is 89.0 Å². The Labute approximate surface area is 456 Å². The Morgan fingerprint density at radius 3 is 2.06 bits per heavy atom. The molecular weight excluding hydrogens is 1040 g/mol. The van der Waals surface area contributed by atoms with Gasteiger partial charge in [0.25, 0.3) is 5.91 Å². The van der Waals surface area contributed by atoms with E-state index in [0.717, 1.165) is 38.7 Å². The molecule has 77 heavy (non-hydrogen) atoms. The van der Waals surface area contributed by atoms with E-state index in [9.17, 15) is 42.7 Å². The van der Waals surface area contributed by atoms with Crippen molar-refractivity contribution in [3.8, 4) is 22.3 Å². The predicted molar refractivity (Wildman–Crippen MR) is 287 cm³/mol. The summed E-state index contributed by atoms with van der Waals surface area (Å²) in [5, 5.41) is 22.5. The maximum atomic E-state index is 13.9. The molecule has 1 aromatic heterocycles. The van der Waals surface area contributed by atoms with Crippen molar-refractivity contribution in [1.29, 1.82) is 5.26 Å². The number of alkyl halides is 3. The highest BCUT2D eigenvalue weighted by Crippen LogP contribution is 2.40. The molecule has 2 fully saturated rings. The molecule has 0 saturated carbocycles. The minimum Gasteiger partial charge on any atom is -0.491 e. The predicted octanol–water partition coefficient (Wildman–Crippen LogP) is 7.47. The fraction of sp³-hybridized carbons (Fsp3) is 0.509. The summed E-state index contributed by atoms with van der Waals surface area (Å²) in [7, 11) is 0. The first-order valence-corrected chi connectivity index (χ1v) is 26.6. The number of amides is 3. The van der Waals surface area contributed by atoms with Gasteiger partial charge in [-0.15, -0.1) is 11.3 Å². The molecule has 2 N–H and O–H groups in total. The molecule has 416 valence electrons. The highest BCUT2D eigenvalue weighted by Gasteiger charge is 2.51. The lowest BCUT2D eigenvalue weighted by atomic mass is 9.85. The monoisotopic (exact) mass is 1110 g/mol. The number of halogens is 3. The van der Waals surface area contributed by atoms with Gasteiger partial charge >= 0.3 is 6.18 Å². The minimum atomic E-state index is -4.80. The van der Waals surface area contributed by atoms with Crippen LogP contribution in [-0.4, -0.2) is 147 Å². The van der Waals surface area contributed by atoms with Crippen LogP contribution in [-0.2, 0) is 55.5 Å². The van der Waals surface area contributed by atoms with Gasteiger partial charge in [0.15, 0.2) is 10.9 Å². The number of nitrogens with zero attached hydrogens (tertiary/aromatic N) is 5. The maximum Gasteiger partial charge on any atom is 0.417 e. The Hall–Kier alpha value is -5.90. The van der Waals surface area contributed by atoms with E-state index in [1.165, 1.54) is 11.0 Å². The van der Waals surface area contributed by atoms with E-state index < -0.39 is 64.2 Å². The van der Waals surface area contributed by atoms with E-state index in [2.05, 4.69) is 10.3 Å². The van der Waals surface area contributed by atoms with Crippen molar-refractivity contribution in [3.05, 3.63) is 94.6 Å². The van der Waals surface area contributed by atoms with Gasteiger partial charge in [-0.05, 0) is 105 Å². The summed E-state index contributed by atoms with van der Waals surface area (Å²) in [6, 6.07) is 17.6. The average Bonchev–Trinajstić information content (AvgIpc) is 4.06. The molecule has 3 atom stereocenters. The Balaban J connectivity index is 0.774. The highest BCUT2D eigenvalue weighted by atomic mass is 32.1. The fourth-order valence-electron chi connectivity index (χ4n) is 8.77. The molecule has 2 saturated heterocycles. The number of benzene rings is 3. The standard InChI is InChI=1S/C55H67F3N6O11S2/c1-36-48(77-35-60-36)38-11-8-37(9-12-38)10-19-46(66)45-31-42(65)33-62(45)50(68)49(53(2,3)4)61-47(67)34-74-27-26-72-24-22-70-20-7-21-71-23-25-73-28-29-75-43-17-15-40(16-18-43)64-52(76)63(51(69)54(64,5)6)41-14-13-39(32-59)44(30-41)55(56,57)58/h8-9,11-18,30,35,42,45,49,65H,7,10,19-29,31,33-34H2,1-6H3,(H,61,67)/t42-,45+,49-/m1/s1. The molecule has 2 aliphatic rings. The Morgan fingerprint density at radius 2 is 1.48 bits per heavy atom. The van der Waals surface area contributed by atoms with Crippen LogP contribution in [0.15, 0.2) is 72.2 Å². The second kappa shape index (κ2) is 27.6. The average molecular weight is 1110 g/mol. The maximum absolute atomic E-state index is 13.9. The van der Waals surface area contributed by atoms with Crippen molar-refractivity contribution >= 4 is 63.5 Å². The van der Waals surface area contributed by atoms with Crippen LogP contribution in [0.4, 0.5) is 24.5 Å². The van der Waals surface area contributed by atoms with Crippen LogP contribution < -0.4 is 19.9 Å². The van der Waals surface area contributed by atoms with E-state index in [1.807, 2.05) is 57.5 Å². The summed E-state index contributed by atoms with van der Waals surface area (Å²) in [4.78, 5) is 63.4. The number of ketones is 1. The molecule has 0 radical (unpaired) electrons. The molecule has 0 aliphatic carbocycles. The topological polar surface area (TPSA) is 202 Å². The zero-order chi connectivity index (χ0) is 55.9. The number of Topliss-reactive ketones (excluding diaryl/α,β-unsaturated/α-hetero) is 1. The first-order chi connectivity index (χ1) is 36.6. The van der Waals surface area contributed by atoms with Gasteiger partial charge in [0.05, 0.1) is 97.4 Å². The van der Waals surface area contributed by atoms with Crippen molar-refractivity contribution < 1.29 is 65.9 Å². The van der Waals surface area contributed by atoms with Crippen molar-refractivity contribution in [3.63, 3.8) is 0 Å². The Kier molecular flexibility index (Phi) is 21.6. The lowest BCUT2D eigenvalue weighted by Gasteiger charge is -2.35. The van der Waals surface area contributed by atoms with Gasteiger partial charge in [-0.25, -0.2) is 4.98 Å². The van der Waals surface area contributed by atoms with Crippen LogP contribution >= 0.6 is 23.6 Å². The first kappa shape index (κ1) is 60.3. The number of aryl methyl sites for hydroxylation is 2. The number of β-amino-alcohol motifs (C(OH)–C–C–N with tert-alkyl or cyclic N) is 1. The number of aliphatic hydroxyl groups is 1. The van der Waals surface area contributed by atoms with Crippen LogP contribution in [0, 0.1) is 23.7 Å². The van der Waals surface area contributed by atoms with Crippen LogP contribution in [0.3, 0.4) is 0 Å². The molecule has 3 amide bonds. The summed E-state index contributed by atoms with van der Waals surface area (Å²) in [6.07, 6.45) is -4.15. The molecular formula is C55H67F3N6O11S2. The Morgan fingerprint density at radius 1 is 0.883 bits per heavy atom. The zero-order valence-corrected chi connectivity index (χ0v) is 45.8. The van der Waals surface area contributed by atoms with Crippen LogP contribution in [0.2, 0.25) is 0 Å². The van der Waals surface area contributed by atoms with Gasteiger partial charge in [0.1, 0.15) is 30.5 Å². The molecule has 3 aromatic carbocycles. The normalized spacial score (nSPS) is 17.0. The van der Waals surface area contributed by atoms with Crippen LogP contribution in [0.5, 0.6) is 5.75 Å². The van der Waals surface area contributed by atoms with Crippen molar-refractivity contribution in [2.24, 2.45) is 5.41 Å². The number of nitrogens with one attached hydrogen (secondary N) is 1. The summed E-state index contributed by atoms with van der Waals surface area (Å²) in [5.74, 6) is -1.05. The number of hydrogen-bond donors (Lipinski definition) is 2. The van der Waals surface area contributed by atoms with E-state index in [4.69, 9.17) is 40.6 Å². The molecule has 0 bridgehead atoms. The second-order valence-electron chi connectivity index (χ2n) is 20.0. The van der Waals surface area contributed by atoms with Crippen molar-refractivity contribution in [2.45, 2.75) is 97.1 Å². The lowest BCUT2D eigenvalue weighted by molar-refractivity contribution is -0.144. The second-order valence-corrected chi connectivity index (χ2v) is 21.3. The van der Waals surface area contributed by atoms with E-state index in [-0.39, 0.29) is 62.4 Å². The van der Waals surface area contributed by atoms with E-state index in [1.54, 1.807) is 60.4 Å². The molecule has 0 unspecified atom stereocenters. The molecule has 0 spiro atoms.